The van der Waals surface area contributed by atoms with Crippen molar-refractivity contribution < 1.29 is 38.5 Å². The van der Waals surface area contributed by atoms with Crippen molar-refractivity contribution in [1.29, 1.82) is 0 Å². The number of aromatic hydroxyl groups is 1. The van der Waals surface area contributed by atoms with Crippen LogP contribution in [-0.2, 0) is 27.4 Å². The Kier molecular flexibility index (Phi) is 12.0. The number of phenolic OH excluding ortho intramolecular Hbond substituents is 1. The van der Waals surface area contributed by atoms with Crippen molar-refractivity contribution in [3.8, 4) is 11.5 Å². The summed E-state index contributed by atoms with van der Waals surface area (Å²) >= 11 is 5.86. The molecule has 210 valence electrons. The van der Waals surface area contributed by atoms with Gasteiger partial charge in [0.15, 0.2) is 11.8 Å². The van der Waals surface area contributed by atoms with E-state index in [2.05, 4.69) is 5.10 Å². The van der Waals surface area contributed by atoms with E-state index in [9.17, 15) is 33.8 Å². The lowest BCUT2D eigenvalue weighted by atomic mass is 10.1. The molecule has 0 spiro atoms. The first-order chi connectivity index (χ1) is 17.6. The molecule has 0 aliphatic rings. The standard InChI is InChI=1S/C23H34N3O8P3S/c1-4-14-23(2,35(38)25(3)24-16-20-5-9-21(27)10-6-20)34-22-11-7-19(8-12-22)13-15-26(17-36(28,29)30)18-37(31,32)33/h5-12,16H,4,13-15,17-18H2,1-3H3,(H4-,24,27,28,29,30,31,32,33)/p+1. The highest BCUT2D eigenvalue weighted by Gasteiger charge is 2.45. The third-order valence-electron chi connectivity index (χ3n) is 5.39. The molecule has 0 radical (unpaired) electrons. The highest BCUT2D eigenvalue weighted by atomic mass is 32.4. The maximum Gasteiger partial charge on any atom is 0.358 e. The number of hydrazone groups is 1. The second-order valence-electron chi connectivity index (χ2n) is 9.03. The third kappa shape index (κ3) is 11.6. The minimum absolute atomic E-state index is 0.0608. The van der Waals surface area contributed by atoms with Gasteiger partial charge in [0.05, 0.1) is 13.3 Å². The van der Waals surface area contributed by atoms with Crippen LogP contribution in [0.25, 0.3) is 0 Å². The molecule has 5 N–H and O–H groups in total. The van der Waals surface area contributed by atoms with E-state index >= 15 is 0 Å². The van der Waals surface area contributed by atoms with Crippen LogP contribution < -0.4 is 4.74 Å². The number of nitrogens with zero attached hydrogens (tertiary/aromatic N) is 3. The SMILES string of the molecule is CCCC(C)(Oc1ccc(CCN(CP(=O)(O)O)CP(=O)(O)O)cc1)[P+](=S)N(C)/N=C/c1ccc(O)cc1. The summed E-state index contributed by atoms with van der Waals surface area (Å²) in [5, 5.41) is 13.2. The van der Waals surface area contributed by atoms with Gasteiger partial charge >= 0.3 is 22.0 Å². The zero-order valence-corrected chi connectivity index (χ0v) is 25.0. The van der Waals surface area contributed by atoms with Gasteiger partial charge in [0, 0.05) is 19.9 Å². The van der Waals surface area contributed by atoms with Gasteiger partial charge in [-0.3, -0.25) is 14.0 Å². The van der Waals surface area contributed by atoms with Gasteiger partial charge in [-0.15, -0.1) is 9.88 Å². The maximum atomic E-state index is 11.4. The average Bonchev–Trinajstić information content (AvgIpc) is 2.80. The third-order valence-corrected chi connectivity index (χ3v) is 10.6. The lowest BCUT2D eigenvalue weighted by molar-refractivity contribution is 0.164. The Labute approximate surface area is 228 Å². The number of benzene rings is 2. The molecule has 0 bridgehead atoms. The van der Waals surface area contributed by atoms with Crippen molar-refractivity contribution in [2.75, 3.05) is 26.2 Å². The smallest absolute Gasteiger partial charge is 0.358 e. The fourth-order valence-corrected chi connectivity index (χ4v) is 7.24. The minimum atomic E-state index is -4.48. The quantitative estimate of drug-likeness (QED) is 0.112. The average molecular weight is 607 g/mol. The predicted octanol–water partition coefficient (Wildman–Crippen LogP) is 4.23. The summed E-state index contributed by atoms with van der Waals surface area (Å²) in [6.45, 7) is 2.79. The van der Waals surface area contributed by atoms with Crippen LogP contribution in [0.1, 0.15) is 37.8 Å². The van der Waals surface area contributed by atoms with Gasteiger partial charge in [-0.25, -0.2) is 0 Å². The summed E-state index contributed by atoms with van der Waals surface area (Å²) in [6.07, 6.45) is 2.07. The van der Waals surface area contributed by atoms with E-state index in [1.165, 1.54) is 0 Å². The summed E-state index contributed by atoms with van der Waals surface area (Å²) in [5.41, 5.74) is 1.63. The normalized spacial score (nSPS) is 14.5. The summed E-state index contributed by atoms with van der Waals surface area (Å²) in [5.74, 6) is 0.774. The molecule has 0 heterocycles. The van der Waals surface area contributed by atoms with E-state index in [1.807, 2.05) is 13.8 Å². The van der Waals surface area contributed by atoms with E-state index in [0.717, 1.165) is 22.4 Å². The highest BCUT2D eigenvalue weighted by molar-refractivity contribution is 8.04. The molecule has 11 nitrogen and oxygen atoms in total. The fraction of sp³-hybridized carbons (Fsp3) is 0.435. The molecule has 0 aromatic heterocycles. The monoisotopic (exact) mass is 606 g/mol. The fourth-order valence-electron chi connectivity index (χ4n) is 3.69. The van der Waals surface area contributed by atoms with Crippen molar-refractivity contribution in [3.63, 3.8) is 0 Å². The van der Waals surface area contributed by atoms with Crippen LogP contribution in [0.2, 0.25) is 0 Å². The van der Waals surface area contributed by atoms with E-state index < -0.39 is 40.0 Å². The molecule has 15 heteroatoms. The summed E-state index contributed by atoms with van der Waals surface area (Å²) in [4.78, 5) is 38.0. The second kappa shape index (κ2) is 14.1. The molecule has 38 heavy (non-hydrogen) atoms. The van der Waals surface area contributed by atoms with E-state index in [4.69, 9.17) is 16.5 Å². The number of ether oxygens (including phenoxy) is 1. The Morgan fingerprint density at radius 3 is 2.08 bits per heavy atom. The van der Waals surface area contributed by atoms with E-state index in [-0.39, 0.29) is 12.3 Å². The predicted molar refractivity (Wildman–Crippen MR) is 152 cm³/mol. The van der Waals surface area contributed by atoms with Crippen LogP contribution in [0.3, 0.4) is 0 Å². The number of hydrogen-bond donors (Lipinski definition) is 5. The maximum absolute atomic E-state index is 11.4. The molecule has 2 rings (SSSR count). The molecule has 0 fully saturated rings. The van der Waals surface area contributed by atoms with Crippen molar-refractivity contribution in [1.82, 2.24) is 9.68 Å². The summed E-state index contributed by atoms with van der Waals surface area (Å²) in [7, 11) is -7.16. The Balaban J connectivity index is 2.08. The Morgan fingerprint density at radius 2 is 1.58 bits per heavy atom. The second-order valence-corrected chi connectivity index (χ2v) is 15.4. The van der Waals surface area contributed by atoms with Gasteiger partial charge < -0.3 is 29.4 Å². The molecule has 0 aliphatic heterocycles. The topological polar surface area (TPSA) is 163 Å². The molecule has 0 aliphatic carbocycles. The lowest BCUT2D eigenvalue weighted by Gasteiger charge is -2.25. The molecule has 2 aromatic rings. The number of rotatable bonds is 15. The van der Waals surface area contributed by atoms with Crippen LogP contribution in [-0.4, -0.2) is 72.1 Å². The highest BCUT2D eigenvalue weighted by Crippen LogP contribution is 2.46. The van der Waals surface area contributed by atoms with Crippen LogP contribution in [0.5, 0.6) is 11.5 Å². The molecular formula is C23H35N3O8P3S+. The van der Waals surface area contributed by atoms with Crippen molar-refractivity contribution >= 4 is 40.1 Å². The lowest BCUT2D eigenvalue weighted by Crippen LogP contribution is -2.31. The van der Waals surface area contributed by atoms with Gasteiger partial charge in [-0.1, -0.05) is 19.1 Å². The van der Waals surface area contributed by atoms with E-state index in [0.29, 0.717) is 18.6 Å². The van der Waals surface area contributed by atoms with Gasteiger partial charge in [0.1, 0.15) is 24.1 Å². The molecule has 0 saturated heterocycles. The van der Waals surface area contributed by atoms with Crippen molar-refractivity contribution in [2.45, 2.75) is 38.5 Å². The molecule has 2 unspecified atom stereocenters. The molecule has 0 saturated carbocycles. The largest absolute Gasteiger partial charge is 0.508 e. The van der Waals surface area contributed by atoms with Crippen LogP contribution in [0.4, 0.5) is 0 Å². The van der Waals surface area contributed by atoms with E-state index in [1.54, 1.807) is 66.6 Å². The van der Waals surface area contributed by atoms with Crippen molar-refractivity contribution in [2.24, 2.45) is 5.10 Å². The van der Waals surface area contributed by atoms with Crippen LogP contribution in [0, 0.1) is 0 Å². The van der Waals surface area contributed by atoms with Gasteiger partial charge in [-0.05, 0) is 60.4 Å². The molecule has 2 aromatic carbocycles. The molecule has 0 amide bonds. The first-order valence-corrected chi connectivity index (χ1v) is 17.6. The Hall–Kier alpha value is -1.71. The Morgan fingerprint density at radius 1 is 1.03 bits per heavy atom. The number of phenols is 1. The molecular weight excluding hydrogens is 571 g/mol. The minimum Gasteiger partial charge on any atom is -0.508 e. The zero-order chi connectivity index (χ0) is 28.6. The summed E-state index contributed by atoms with van der Waals surface area (Å²) < 4.78 is 30.8. The zero-order valence-electron chi connectivity index (χ0n) is 21.5. The van der Waals surface area contributed by atoms with Crippen molar-refractivity contribution in [3.05, 3.63) is 59.7 Å². The first-order valence-electron chi connectivity index (χ1n) is 11.7. The number of hydrogen-bond acceptors (Lipinski definition) is 7. The van der Waals surface area contributed by atoms with Crippen LogP contribution in [0.15, 0.2) is 53.6 Å². The Bertz CT molecular complexity index is 1160. The van der Waals surface area contributed by atoms with Gasteiger partial charge in [0.25, 0.3) is 5.34 Å². The first kappa shape index (κ1) is 32.5. The summed E-state index contributed by atoms with van der Waals surface area (Å²) in [6, 6.07) is 13.8. The molecule has 2 atom stereocenters. The van der Waals surface area contributed by atoms with Gasteiger partial charge in [-0.2, -0.15) is 0 Å². The van der Waals surface area contributed by atoms with Gasteiger partial charge in [0.2, 0.25) is 0 Å². The van der Waals surface area contributed by atoms with Crippen LogP contribution >= 0.6 is 22.0 Å².